The van der Waals surface area contributed by atoms with Crippen LogP contribution in [0.15, 0.2) is 30.6 Å². The summed E-state index contributed by atoms with van der Waals surface area (Å²) in [6.45, 7) is 0.313. The predicted molar refractivity (Wildman–Crippen MR) is 63.6 cm³/mol. The summed E-state index contributed by atoms with van der Waals surface area (Å²) in [6.07, 6.45) is -1.45. The molecule has 2 heterocycles. The Labute approximate surface area is 111 Å². The van der Waals surface area contributed by atoms with Gasteiger partial charge in [-0.2, -0.15) is 13.2 Å². The van der Waals surface area contributed by atoms with Crippen molar-refractivity contribution >= 4 is 17.4 Å². The maximum atomic E-state index is 12.5. The molecule has 0 fully saturated rings. The molecule has 0 radical (unpaired) electrons. The molecule has 0 bridgehead atoms. The van der Waals surface area contributed by atoms with E-state index in [4.69, 9.17) is 11.6 Å². The monoisotopic (exact) mass is 288 g/mol. The van der Waals surface area contributed by atoms with Crippen molar-refractivity contribution in [3.63, 3.8) is 0 Å². The molecule has 0 amide bonds. The predicted octanol–water partition coefficient (Wildman–Crippen LogP) is 3.16. The van der Waals surface area contributed by atoms with Crippen LogP contribution in [-0.4, -0.2) is 15.0 Å². The number of alkyl halides is 3. The van der Waals surface area contributed by atoms with Gasteiger partial charge < -0.3 is 5.32 Å². The quantitative estimate of drug-likeness (QED) is 0.882. The Balaban J connectivity index is 2.15. The first-order chi connectivity index (χ1) is 8.95. The molecule has 0 aliphatic carbocycles. The van der Waals surface area contributed by atoms with Crippen LogP contribution < -0.4 is 5.32 Å². The lowest BCUT2D eigenvalue weighted by Crippen LogP contribution is -2.13. The molecule has 8 heteroatoms. The summed E-state index contributed by atoms with van der Waals surface area (Å²) in [7, 11) is 0. The highest BCUT2D eigenvalue weighted by Gasteiger charge is 2.35. The summed E-state index contributed by atoms with van der Waals surface area (Å²) in [4.78, 5) is 10.3. The molecule has 1 N–H and O–H groups in total. The second-order valence-electron chi connectivity index (χ2n) is 3.61. The summed E-state index contributed by atoms with van der Waals surface area (Å²) in [5, 5.41) is 2.49. The van der Waals surface area contributed by atoms with E-state index < -0.39 is 12.0 Å². The number of aromatic nitrogens is 3. The van der Waals surface area contributed by atoms with E-state index in [1.807, 2.05) is 0 Å². The Morgan fingerprint density at radius 3 is 2.47 bits per heavy atom. The lowest BCUT2D eigenvalue weighted by Gasteiger charge is -2.09. The zero-order valence-electron chi connectivity index (χ0n) is 9.45. The minimum Gasteiger partial charge on any atom is -0.366 e. The van der Waals surface area contributed by atoms with Crippen LogP contribution in [0.3, 0.4) is 0 Å². The van der Waals surface area contributed by atoms with Crippen molar-refractivity contribution in [3.8, 4) is 0 Å². The van der Waals surface area contributed by atoms with Gasteiger partial charge in [0.25, 0.3) is 0 Å². The highest BCUT2D eigenvalue weighted by atomic mass is 35.5. The highest BCUT2D eigenvalue weighted by Crippen LogP contribution is 2.28. The van der Waals surface area contributed by atoms with Gasteiger partial charge in [0.2, 0.25) is 5.82 Å². The van der Waals surface area contributed by atoms with Crippen LogP contribution in [-0.2, 0) is 12.7 Å². The maximum absolute atomic E-state index is 12.5. The van der Waals surface area contributed by atoms with Crippen LogP contribution >= 0.6 is 11.6 Å². The van der Waals surface area contributed by atoms with E-state index in [0.29, 0.717) is 6.54 Å². The van der Waals surface area contributed by atoms with Crippen molar-refractivity contribution in [2.24, 2.45) is 0 Å². The minimum atomic E-state index is -4.63. The van der Waals surface area contributed by atoms with E-state index in [-0.39, 0.29) is 11.0 Å². The molecule has 2 aromatic rings. The molecule has 4 nitrogen and oxygen atoms in total. The second kappa shape index (κ2) is 5.40. The fourth-order valence-electron chi connectivity index (χ4n) is 1.33. The van der Waals surface area contributed by atoms with Gasteiger partial charge in [0.15, 0.2) is 0 Å². The fraction of sp³-hybridized carbons (Fsp3) is 0.182. The normalized spacial score (nSPS) is 11.4. The number of rotatable bonds is 3. The first kappa shape index (κ1) is 13.5. The maximum Gasteiger partial charge on any atom is 0.451 e. The van der Waals surface area contributed by atoms with Gasteiger partial charge in [-0.05, 0) is 17.7 Å². The number of anilines is 1. The Hall–Kier alpha value is -1.89. The van der Waals surface area contributed by atoms with Gasteiger partial charge in [-0.25, -0.2) is 9.97 Å². The van der Waals surface area contributed by atoms with Gasteiger partial charge in [0, 0.05) is 25.0 Å². The summed E-state index contributed by atoms with van der Waals surface area (Å²) >= 11 is 5.54. The molecule has 0 saturated heterocycles. The average molecular weight is 289 g/mol. The number of halogens is 4. The summed E-state index contributed by atoms with van der Waals surface area (Å²) in [5.74, 6) is -1.25. The largest absolute Gasteiger partial charge is 0.451 e. The zero-order chi connectivity index (χ0) is 13.9. The molecule has 2 rings (SSSR count). The van der Waals surface area contributed by atoms with Crippen molar-refractivity contribution in [1.82, 2.24) is 15.0 Å². The average Bonchev–Trinajstić information content (AvgIpc) is 2.36. The molecule has 0 unspecified atom stereocenters. The summed E-state index contributed by atoms with van der Waals surface area (Å²) < 4.78 is 37.5. The first-order valence-electron chi connectivity index (χ1n) is 5.20. The Morgan fingerprint density at radius 2 is 1.84 bits per heavy atom. The Bertz CT molecular complexity index is 560. The third-order valence-corrected chi connectivity index (χ3v) is 2.37. The topological polar surface area (TPSA) is 50.7 Å². The van der Waals surface area contributed by atoms with Crippen molar-refractivity contribution in [2.45, 2.75) is 12.7 Å². The number of nitrogens with zero attached hydrogens (tertiary/aromatic N) is 3. The Morgan fingerprint density at radius 1 is 1.16 bits per heavy atom. The molecule has 0 atom stereocenters. The molecular formula is C11H8ClF3N4. The molecule has 0 aromatic carbocycles. The number of pyridine rings is 1. The smallest absolute Gasteiger partial charge is 0.366 e. The van der Waals surface area contributed by atoms with E-state index in [1.54, 1.807) is 24.5 Å². The van der Waals surface area contributed by atoms with Crippen molar-refractivity contribution in [2.75, 3.05) is 5.32 Å². The first-order valence-corrected chi connectivity index (χ1v) is 5.57. The van der Waals surface area contributed by atoms with Crippen molar-refractivity contribution in [1.29, 1.82) is 0 Å². The van der Waals surface area contributed by atoms with Gasteiger partial charge in [-0.1, -0.05) is 11.6 Å². The molecule has 19 heavy (non-hydrogen) atoms. The third-order valence-electron chi connectivity index (χ3n) is 2.17. The van der Waals surface area contributed by atoms with Gasteiger partial charge in [0.1, 0.15) is 11.0 Å². The number of nitrogens with one attached hydrogen (secondary N) is 1. The van der Waals surface area contributed by atoms with Crippen LogP contribution in [0.2, 0.25) is 5.15 Å². The zero-order valence-corrected chi connectivity index (χ0v) is 10.2. The summed E-state index contributed by atoms with van der Waals surface area (Å²) in [5.41, 5.74) is 0.860. The van der Waals surface area contributed by atoms with Crippen LogP contribution in [0.25, 0.3) is 0 Å². The molecule has 0 spiro atoms. The van der Waals surface area contributed by atoms with Gasteiger partial charge >= 0.3 is 6.18 Å². The van der Waals surface area contributed by atoms with E-state index >= 15 is 0 Å². The molecule has 0 saturated carbocycles. The number of hydrogen-bond acceptors (Lipinski definition) is 4. The van der Waals surface area contributed by atoms with E-state index in [1.165, 1.54) is 6.07 Å². The highest BCUT2D eigenvalue weighted by molar-refractivity contribution is 6.29. The second-order valence-corrected chi connectivity index (χ2v) is 3.99. The molecule has 0 aliphatic heterocycles. The van der Waals surface area contributed by atoms with E-state index in [9.17, 15) is 13.2 Å². The van der Waals surface area contributed by atoms with Gasteiger partial charge in [-0.15, -0.1) is 0 Å². The van der Waals surface area contributed by atoms with Crippen LogP contribution in [0.1, 0.15) is 11.4 Å². The van der Waals surface area contributed by atoms with Crippen molar-refractivity contribution in [3.05, 3.63) is 47.1 Å². The third kappa shape index (κ3) is 3.78. The number of hydrogen-bond donors (Lipinski definition) is 1. The van der Waals surface area contributed by atoms with Gasteiger partial charge in [-0.3, -0.25) is 4.98 Å². The lowest BCUT2D eigenvalue weighted by atomic mass is 10.3. The van der Waals surface area contributed by atoms with Crippen LogP contribution in [0, 0.1) is 0 Å². The molecule has 2 aromatic heterocycles. The fourth-order valence-corrected chi connectivity index (χ4v) is 1.51. The lowest BCUT2D eigenvalue weighted by molar-refractivity contribution is -0.144. The van der Waals surface area contributed by atoms with Crippen molar-refractivity contribution < 1.29 is 13.2 Å². The standard InChI is InChI=1S/C11H8ClF3N4/c12-8-5-9(19-10(18-8)11(13,14)15)17-6-7-1-3-16-4-2-7/h1-5H,6H2,(H,17,18,19). The van der Waals surface area contributed by atoms with Gasteiger partial charge in [0.05, 0.1) is 0 Å². The van der Waals surface area contributed by atoms with Crippen LogP contribution in [0.4, 0.5) is 19.0 Å². The van der Waals surface area contributed by atoms with E-state index in [2.05, 4.69) is 20.3 Å². The molecule has 100 valence electrons. The Kier molecular flexibility index (Phi) is 3.84. The SMILES string of the molecule is FC(F)(F)c1nc(Cl)cc(NCc2ccncc2)n1. The minimum absolute atomic E-state index is 0.0177. The molecule has 0 aliphatic rings. The molecular weight excluding hydrogens is 281 g/mol. The summed E-state index contributed by atoms with van der Waals surface area (Å²) in [6, 6.07) is 4.71. The van der Waals surface area contributed by atoms with Crippen LogP contribution in [0.5, 0.6) is 0 Å². The van der Waals surface area contributed by atoms with E-state index in [0.717, 1.165) is 5.56 Å².